The van der Waals surface area contributed by atoms with Crippen LogP contribution < -0.4 is 18.9 Å². The molecule has 2 fully saturated rings. The molecule has 7 aromatic rings. The van der Waals surface area contributed by atoms with E-state index in [1.165, 1.54) is 29.8 Å². The summed E-state index contributed by atoms with van der Waals surface area (Å²) in [4.78, 5) is 38.2. The molecule has 0 radical (unpaired) electrons. The van der Waals surface area contributed by atoms with Crippen molar-refractivity contribution in [2.24, 2.45) is 0 Å². The van der Waals surface area contributed by atoms with Gasteiger partial charge in [0.05, 0.1) is 16.1 Å². The Hall–Kier alpha value is -6.39. The van der Waals surface area contributed by atoms with Crippen LogP contribution in [0, 0.1) is 12.7 Å². The topological polar surface area (TPSA) is 178 Å². The molecule has 4 aliphatic heterocycles. The van der Waals surface area contributed by atoms with E-state index in [4.69, 9.17) is 59.2 Å². The Morgan fingerprint density at radius 3 is 2.41 bits per heavy atom. The number of carboxylic acids is 1. The summed E-state index contributed by atoms with van der Waals surface area (Å²) in [5.74, 6) is 0.493. The van der Waals surface area contributed by atoms with Crippen molar-refractivity contribution in [3.05, 3.63) is 131 Å². The molecule has 1 N–H and O–H groups in total. The summed E-state index contributed by atoms with van der Waals surface area (Å²) in [6.07, 6.45) is -0.197. The highest BCUT2D eigenvalue weighted by Crippen LogP contribution is 2.50. The molecule has 7 atom stereocenters. The first-order valence-corrected chi connectivity index (χ1v) is 27.0. The Morgan fingerprint density at radius 1 is 0.859 bits per heavy atom. The zero-order chi connectivity index (χ0) is 54.5. The van der Waals surface area contributed by atoms with Gasteiger partial charge < -0.3 is 52.6 Å². The molecule has 4 aromatic carbocycles. The molecular formula is C58H62ClFN6O11S. The molecule has 78 heavy (non-hydrogen) atoms. The van der Waals surface area contributed by atoms with Gasteiger partial charge in [0.2, 0.25) is 12.0 Å². The molecule has 410 valence electrons. The predicted octanol–water partition coefficient (Wildman–Crippen LogP) is 8.97. The molecule has 0 aliphatic carbocycles. The standard InChI is InChI=1S/C58H62ClFN6O11S/c1-33-42-17-19-44(49(33)59)75-41(29-66-24-22-65(2)23-25-66)16-10-34-11-18-43(37(26-34)28-45(57(67)68)76-55-48-47(42)53(78-56(48)63-32-62-55)35-12-14-38(60)15-13-35)74-30-39-20-21-61-54(64-39)36-8-7-9-40(27-36)73-31-46-50(69-3)51(70-4)52(71-5)58(72-6)77-46/h7-9,11-15,17-21,26-27,32,41,45-46,50-52,58H,10,16,22-25,28-31H2,1-6H3,(H,67,68)/t41-,45+,46+,50+,51-,52-,58-/m0/s1. The van der Waals surface area contributed by atoms with Crippen LogP contribution in [0.5, 0.6) is 23.1 Å². The number of ether oxygens (including phenoxy) is 9. The number of thiophene rings is 1. The minimum absolute atomic E-state index is 0.0348. The fraction of sp³-hybridized carbons (Fsp3) is 0.397. The van der Waals surface area contributed by atoms with E-state index in [1.807, 2.05) is 61.5 Å². The number of rotatable bonds is 15. The number of carbonyl (C=O) groups is 1. The number of hydrogen-bond acceptors (Lipinski definition) is 17. The minimum Gasteiger partial charge on any atom is -0.491 e. The van der Waals surface area contributed by atoms with Gasteiger partial charge in [-0.2, -0.15) is 0 Å². The van der Waals surface area contributed by atoms with E-state index >= 15 is 0 Å². The largest absolute Gasteiger partial charge is 0.491 e. The van der Waals surface area contributed by atoms with Gasteiger partial charge in [0.15, 0.2) is 12.1 Å². The number of aliphatic carboxylic acids is 1. The van der Waals surface area contributed by atoms with Crippen LogP contribution in [-0.4, -0.2) is 159 Å². The smallest absolute Gasteiger partial charge is 0.345 e. The Morgan fingerprint density at radius 2 is 1.65 bits per heavy atom. The van der Waals surface area contributed by atoms with Gasteiger partial charge in [-0.15, -0.1) is 11.3 Å². The van der Waals surface area contributed by atoms with Gasteiger partial charge in [0, 0.05) is 89.8 Å². The third-order valence-electron chi connectivity index (χ3n) is 14.6. The molecule has 4 bridgehead atoms. The maximum absolute atomic E-state index is 14.4. The van der Waals surface area contributed by atoms with Crippen LogP contribution in [-0.2, 0) is 47.9 Å². The zero-order valence-electron chi connectivity index (χ0n) is 44.2. The minimum atomic E-state index is -1.42. The van der Waals surface area contributed by atoms with Crippen LogP contribution in [0.3, 0.4) is 0 Å². The number of piperazine rings is 1. The molecule has 3 aromatic heterocycles. The highest BCUT2D eigenvalue weighted by Gasteiger charge is 2.47. The summed E-state index contributed by atoms with van der Waals surface area (Å²) < 4.78 is 69.6. The Balaban J connectivity index is 0.953. The fourth-order valence-electron chi connectivity index (χ4n) is 10.4. The van der Waals surface area contributed by atoms with Crippen molar-refractivity contribution in [3.8, 4) is 56.1 Å². The fourth-order valence-corrected chi connectivity index (χ4v) is 11.7. The molecule has 0 spiro atoms. The van der Waals surface area contributed by atoms with E-state index in [-0.39, 0.29) is 37.4 Å². The van der Waals surface area contributed by atoms with Crippen molar-refractivity contribution in [1.29, 1.82) is 0 Å². The van der Waals surface area contributed by atoms with E-state index in [0.717, 1.165) is 53.3 Å². The third kappa shape index (κ3) is 12.1. The molecule has 2 saturated heterocycles. The Labute approximate surface area is 461 Å². The normalized spacial score (nSPS) is 22.1. The second-order valence-electron chi connectivity index (χ2n) is 19.6. The molecular weight excluding hydrogens is 1040 g/mol. The van der Waals surface area contributed by atoms with Crippen molar-refractivity contribution >= 4 is 39.1 Å². The first-order valence-electron chi connectivity index (χ1n) is 25.8. The highest BCUT2D eigenvalue weighted by molar-refractivity contribution is 7.22. The molecule has 11 rings (SSSR count). The number of aromatic nitrogens is 4. The highest BCUT2D eigenvalue weighted by atomic mass is 35.5. The van der Waals surface area contributed by atoms with E-state index in [1.54, 1.807) is 52.8 Å². The van der Waals surface area contributed by atoms with E-state index in [2.05, 4.69) is 31.8 Å². The zero-order valence-corrected chi connectivity index (χ0v) is 45.8. The summed E-state index contributed by atoms with van der Waals surface area (Å²) in [6.45, 7) is 6.48. The number of benzene rings is 4. The van der Waals surface area contributed by atoms with Crippen molar-refractivity contribution in [3.63, 3.8) is 0 Å². The number of aryl methyl sites for hydroxylation is 1. The number of methoxy groups -OCH3 is 4. The number of nitrogens with zero attached hydrogens (tertiary/aromatic N) is 6. The number of halogens is 2. The van der Waals surface area contributed by atoms with E-state index < -0.39 is 42.8 Å². The second-order valence-corrected chi connectivity index (χ2v) is 21.0. The molecule has 20 heteroatoms. The van der Waals surface area contributed by atoms with Crippen LogP contribution in [0.1, 0.15) is 28.8 Å². The lowest BCUT2D eigenvalue weighted by molar-refractivity contribution is -0.305. The molecule has 7 heterocycles. The van der Waals surface area contributed by atoms with Gasteiger partial charge in [-0.05, 0) is 97.1 Å². The van der Waals surface area contributed by atoms with Gasteiger partial charge in [-0.25, -0.2) is 29.1 Å². The summed E-state index contributed by atoms with van der Waals surface area (Å²) >= 11 is 8.68. The average molecular weight is 1110 g/mol. The Kier molecular flexibility index (Phi) is 17.4. The quantitative estimate of drug-likeness (QED) is 0.103. The predicted molar refractivity (Wildman–Crippen MR) is 292 cm³/mol. The summed E-state index contributed by atoms with van der Waals surface area (Å²) in [5, 5.41) is 11.9. The van der Waals surface area contributed by atoms with Crippen molar-refractivity contribution in [2.45, 2.75) is 75.7 Å². The SMILES string of the molecule is CO[C@H]1O[C@H](COc2cccc(-c3nccc(COc4ccc5cc4C[C@H](C(=O)O)Oc4ncnc6sc(-c7ccc(F)cc7)c(c46)-c4ccc(c(Cl)c4C)O[C@H](CN4CCN(C)CC4)CC5)n3)c2)[C@@H](OC)[C@H](OC)[C@@H]1OC. The molecule has 0 amide bonds. The molecule has 0 unspecified atom stereocenters. The van der Waals surface area contributed by atoms with Gasteiger partial charge in [0.25, 0.3) is 0 Å². The van der Waals surface area contributed by atoms with Gasteiger partial charge in [-0.3, -0.25) is 4.90 Å². The third-order valence-corrected chi connectivity index (χ3v) is 16.2. The number of likely N-dealkylation sites (N-methyl/N-ethyl adjacent to an activating group) is 1. The molecule has 0 saturated carbocycles. The number of fused-ring (bicyclic) bond motifs is 7. The maximum Gasteiger partial charge on any atom is 0.345 e. The van der Waals surface area contributed by atoms with Crippen molar-refractivity contribution in [2.75, 3.05) is 74.8 Å². The van der Waals surface area contributed by atoms with Crippen LogP contribution in [0.25, 0.3) is 43.2 Å². The monoisotopic (exact) mass is 1100 g/mol. The van der Waals surface area contributed by atoms with Crippen LogP contribution in [0.2, 0.25) is 5.02 Å². The Bertz CT molecular complexity index is 3220. The average Bonchev–Trinajstić information content (AvgIpc) is 4.09. The first-order chi connectivity index (χ1) is 37.9. The lowest BCUT2D eigenvalue weighted by Crippen LogP contribution is -2.61. The lowest BCUT2D eigenvalue weighted by Gasteiger charge is -2.44. The van der Waals surface area contributed by atoms with E-state index in [0.29, 0.717) is 80.1 Å². The summed E-state index contributed by atoms with van der Waals surface area (Å²) in [7, 11) is 8.43. The van der Waals surface area contributed by atoms with Crippen molar-refractivity contribution < 1.29 is 56.9 Å². The summed E-state index contributed by atoms with van der Waals surface area (Å²) in [5.41, 5.74) is 5.74. The van der Waals surface area contributed by atoms with Gasteiger partial charge in [0.1, 0.15) is 78.0 Å². The van der Waals surface area contributed by atoms with Crippen molar-refractivity contribution in [1.82, 2.24) is 29.7 Å². The number of hydrogen-bond donors (Lipinski definition) is 1. The van der Waals surface area contributed by atoms with E-state index in [9.17, 15) is 14.3 Å². The van der Waals surface area contributed by atoms with Crippen LogP contribution in [0.15, 0.2) is 97.5 Å². The maximum atomic E-state index is 14.4. The van der Waals surface area contributed by atoms with Crippen LogP contribution >= 0.6 is 22.9 Å². The second kappa shape index (κ2) is 24.7. The molecule has 17 nitrogen and oxygen atoms in total. The lowest BCUT2D eigenvalue weighted by atomic mass is 9.96. The van der Waals surface area contributed by atoms with Crippen LogP contribution in [0.4, 0.5) is 4.39 Å². The molecule has 4 aliphatic rings. The number of carboxylic acid groups (broad SMARTS) is 1. The first kappa shape index (κ1) is 54.9. The van der Waals surface area contributed by atoms with Gasteiger partial charge in [-0.1, -0.05) is 54.1 Å². The van der Waals surface area contributed by atoms with Gasteiger partial charge >= 0.3 is 5.97 Å². The summed E-state index contributed by atoms with van der Waals surface area (Å²) in [6, 6.07) is 25.1.